The molecule has 0 aliphatic heterocycles. The summed E-state index contributed by atoms with van der Waals surface area (Å²) in [5.41, 5.74) is 5.74. The lowest BCUT2D eigenvalue weighted by atomic mass is 9.75. The summed E-state index contributed by atoms with van der Waals surface area (Å²) in [6, 6.07) is -0.0203. The number of nitrogen functional groups attached to an aromatic ring is 1. The third-order valence-corrected chi connectivity index (χ3v) is 5.00. The second kappa shape index (κ2) is 4.55. The quantitative estimate of drug-likeness (QED) is 0.770. The number of nitrogens with zero attached hydrogens (tertiary/aromatic N) is 1. The summed E-state index contributed by atoms with van der Waals surface area (Å²) >= 11 is 0. The number of anilines is 1. The largest absolute Gasteiger partial charge is 0.383 e. The van der Waals surface area contributed by atoms with Crippen LogP contribution in [0.1, 0.15) is 39.5 Å². The highest BCUT2D eigenvalue weighted by Crippen LogP contribution is 2.35. The van der Waals surface area contributed by atoms with E-state index in [4.69, 9.17) is 5.73 Å². The summed E-state index contributed by atoms with van der Waals surface area (Å²) < 4.78 is 27.0. The lowest BCUT2D eigenvalue weighted by molar-refractivity contribution is 0.212. The van der Waals surface area contributed by atoms with Crippen LogP contribution in [0.3, 0.4) is 0 Å². The minimum Gasteiger partial charge on any atom is -0.383 e. The molecule has 4 N–H and O–H groups in total. The van der Waals surface area contributed by atoms with E-state index >= 15 is 0 Å². The van der Waals surface area contributed by atoms with Crippen molar-refractivity contribution in [2.24, 2.45) is 5.41 Å². The van der Waals surface area contributed by atoms with Gasteiger partial charge in [0.15, 0.2) is 0 Å². The lowest BCUT2D eigenvalue weighted by Crippen LogP contribution is -2.40. The Labute approximate surface area is 107 Å². The molecule has 1 fully saturated rings. The van der Waals surface area contributed by atoms with Gasteiger partial charge >= 0.3 is 0 Å². The van der Waals surface area contributed by atoms with E-state index < -0.39 is 10.0 Å². The van der Waals surface area contributed by atoms with Crippen molar-refractivity contribution in [3.05, 3.63) is 6.20 Å². The first-order valence-corrected chi connectivity index (χ1v) is 7.60. The number of H-pyrrole nitrogens is 1. The molecule has 1 aromatic rings. The first kappa shape index (κ1) is 13.4. The number of rotatable bonds is 3. The fourth-order valence-corrected chi connectivity index (χ4v) is 3.87. The van der Waals surface area contributed by atoms with Crippen LogP contribution in [0.4, 0.5) is 5.82 Å². The van der Waals surface area contributed by atoms with E-state index in [1.165, 1.54) is 6.20 Å². The van der Waals surface area contributed by atoms with Crippen LogP contribution in [-0.4, -0.2) is 24.7 Å². The summed E-state index contributed by atoms with van der Waals surface area (Å²) in [7, 11) is -3.57. The fourth-order valence-electron chi connectivity index (χ4n) is 2.58. The van der Waals surface area contributed by atoms with Crippen molar-refractivity contribution in [3.8, 4) is 0 Å². The van der Waals surface area contributed by atoms with Gasteiger partial charge < -0.3 is 5.73 Å². The number of sulfonamides is 1. The maximum absolute atomic E-state index is 12.1. The summed E-state index contributed by atoms with van der Waals surface area (Å²) in [4.78, 5) is 0.0332. The second-order valence-electron chi connectivity index (χ2n) is 5.73. The molecule has 7 heteroatoms. The SMILES string of the molecule is CC1(C)CCCC(NS(=O)(=O)c2cn[nH]c2N)C1. The van der Waals surface area contributed by atoms with E-state index in [1.807, 2.05) is 0 Å². The van der Waals surface area contributed by atoms with Crippen molar-refractivity contribution in [3.63, 3.8) is 0 Å². The predicted octanol–water partition coefficient (Wildman–Crippen LogP) is 1.24. The second-order valence-corrected chi connectivity index (χ2v) is 7.41. The summed E-state index contributed by atoms with van der Waals surface area (Å²) in [6.07, 6.45) is 5.15. The Bertz CT molecular complexity index is 521. The summed E-state index contributed by atoms with van der Waals surface area (Å²) in [5.74, 6) is 0.0811. The van der Waals surface area contributed by atoms with Crippen LogP contribution in [0.5, 0.6) is 0 Å². The van der Waals surface area contributed by atoms with Crippen LogP contribution in [0, 0.1) is 5.41 Å². The molecule has 0 aromatic carbocycles. The third-order valence-electron chi connectivity index (χ3n) is 3.45. The van der Waals surface area contributed by atoms with Crippen molar-refractivity contribution >= 4 is 15.8 Å². The van der Waals surface area contributed by atoms with Gasteiger partial charge in [-0.2, -0.15) is 5.10 Å². The fraction of sp³-hybridized carbons (Fsp3) is 0.727. The number of hydrogen-bond acceptors (Lipinski definition) is 4. The van der Waals surface area contributed by atoms with Gasteiger partial charge in [-0.05, 0) is 24.7 Å². The van der Waals surface area contributed by atoms with Crippen molar-refractivity contribution in [2.45, 2.75) is 50.5 Å². The Kier molecular flexibility index (Phi) is 3.37. The molecule has 1 unspecified atom stereocenters. The van der Waals surface area contributed by atoms with Crippen LogP contribution >= 0.6 is 0 Å². The van der Waals surface area contributed by atoms with Gasteiger partial charge in [0, 0.05) is 6.04 Å². The highest BCUT2D eigenvalue weighted by Gasteiger charge is 2.31. The molecule has 1 atom stereocenters. The monoisotopic (exact) mass is 272 g/mol. The molecular weight excluding hydrogens is 252 g/mol. The van der Waals surface area contributed by atoms with Crippen molar-refractivity contribution < 1.29 is 8.42 Å². The molecule has 102 valence electrons. The first-order valence-electron chi connectivity index (χ1n) is 6.11. The molecule has 1 aromatic heterocycles. The Hall–Kier alpha value is -1.08. The van der Waals surface area contributed by atoms with Crippen molar-refractivity contribution in [1.82, 2.24) is 14.9 Å². The van der Waals surface area contributed by atoms with Crippen LogP contribution in [-0.2, 0) is 10.0 Å². The van der Waals surface area contributed by atoms with Crippen molar-refractivity contribution in [1.29, 1.82) is 0 Å². The van der Waals surface area contributed by atoms with Crippen molar-refractivity contribution in [2.75, 3.05) is 5.73 Å². The molecule has 18 heavy (non-hydrogen) atoms. The Morgan fingerprint density at radius 2 is 2.28 bits per heavy atom. The van der Waals surface area contributed by atoms with Gasteiger partial charge in [0.05, 0.1) is 6.20 Å². The molecule has 0 radical (unpaired) electrons. The molecule has 1 heterocycles. The summed E-state index contributed by atoms with van der Waals surface area (Å²) in [5, 5.41) is 6.08. The molecular formula is C11H20N4O2S. The van der Waals surface area contributed by atoms with Gasteiger partial charge in [-0.3, -0.25) is 5.10 Å². The molecule has 0 spiro atoms. The Morgan fingerprint density at radius 1 is 1.56 bits per heavy atom. The molecule has 0 amide bonds. The molecule has 1 saturated carbocycles. The van der Waals surface area contributed by atoms with Crippen LogP contribution in [0.15, 0.2) is 11.1 Å². The van der Waals surface area contributed by atoms with E-state index in [2.05, 4.69) is 28.8 Å². The standard InChI is InChI=1S/C11H20N4O2S/c1-11(2)5-3-4-8(6-11)15-18(16,17)9-7-13-14-10(9)12/h7-8,15H,3-6H2,1-2H3,(H3,12,13,14). The van der Waals surface area contributed by atoms with Gasteiger partial charge in [0.25, 0.3) is 0 Å². The van der Waals surface area contributed by atoms with Gasteiger partial charge in [-0.15, -0.1) is 0 Å². The van der Waals surface area contributed by atoms with E-state index in [-0.39, 0.29) is 22.2 Å². The molecule has 1 aliphatic carbocycles. The first-order chi connectivity index (χ1) is 8.30. The van der Waals surface area contributed by atoms with Crippen LogP contribution < -0.4 is 10.5 Å². The zero-order chi connectivity index (χ0) is 13.4. The van der Waals surface area contributed by atoms with Crippen LogP contribution in [0.25, 0.3) is 0 Å². The maximum Gasteiger partial charge on any atom is 0.246 e. The number of aromatic amines is 1. The van der Waals surface area contributed by atoms with E-state index in [9.17, 15) is 8.42 Å². The van der Waals surface area contributed by atoms with E-state index in [0.29, 0.717) is 0 Å². The zero-order valence-electron chi connectivity index (χ0n) is 10.7. The van der Waals surface area contributed by atoms with Crippen LogP contribution in [0.2, 0.25) is 0 Å². The highest BCUT2D eigenvalue weighted by molar-refractivity contribution is 7.89. The Morgan fingerprint density at radius 3 is 2.83 bits per heavy atom. The number of hydrogen-bond donors (Lipinski definition) is 3. The van der Waals surface area contributed by atoms with Gasteiger partial charge in [0.2, 0.25) is 10.0 Å². The minimum absolute atomic E-state index is 0.0203. The average molecular weight is 272 g/mol. The number of nitrogens with one attached hydrogen (secondary N) is 2. The third kappa shape index (κ3) is 2.84. The average Bonchev–Trinajstić information content (AvgIpc) is 2.62. The predicted molar refractivity (Wildman–Crippen MR) is 69.4 cm³/mol. The molecule has 0 bridgehead atoms. The maximum atomic E-state index is 12.1. The Balaban J connectivity index is 2.12. The minimum atomic E-state index is -3.57. The van der Waals surface area contributed by atoms with E-state index in [1.54, 1.807) is 0 Å². The smallest absolute Gasteiger partial charge is 0.246 e. The van der Waals surface area contributed by atoms with Gasteiger partial charge in [-0.25, -0.2) is 13.1 Å². The van der Waals surface area contributed by atoms with Gasteiger partial charge in [0.1, 0.15) is 10.7 Å². The zero-order valence-corrected chi connectivity index (χ0v) is 11.5. The highest BCUT2D eigenvalue weighted by atomic mass is 32.2. The van der Waals surface area contributed by atoms with Gasteiger partial charge in [-0.1, -0.05) is 20.3 Å². The summed E-state index contributed by atoms with van der Waals surface area (Å²) in [6.45, 7) is 4.33. The topological polar surface area (TPSA) is 101 Å². The molecule has 1 aliphatic rings. The van der Waals surface area contributed by atoms with E-state index in [0.717, 1.165) is 25.7 Å². The number of aromatic nitrogens is 2. The molecule has 2 rings (SSSR count). The lowest BCUT2D eigenvalue weighted by Gasteiger charge is -2.35. The molecule has 6 nitrogen and oxygen atoms in total. The normalized spacial score (nSPS) is 24.0. The number of nitrogens with two attached hydrogens (primary N) is 1. The molecule has 0 saturated heterocycles.